The first-order chi connectivity index (χ1) is 16.9. The second kappa shape index (κ2) is 11.0. The molecule has 0 saturated heterocycles. The third-order valence-corrected chi connectivity index (χ3v) is 6.29. The van der Waals surface area contributed by atoms with E-state index in [0.717, 1.165) is 36.8 Å². The highest BCUT2D eigenvalue weighted by Gasteiger charge is 2.34. The van der Waals surface area contributed by atoms with Gasteiger partial charge in [-0.05, 0) is 62.1 Å². The molecular formula is C28H31N3O4. The van der Waals surface area contributed by atoms with Crippen LogP contribution in [0.4, 0.5) is 5.69 Å². The van der Waals surface area contributed by atoms with Crippen LogP contribution in [0, 0.1) is 13.8 Å². The molecule has 1 fully saturated rings. The maximum Gasteiger partial charge on any atom is 0.287 e. The molecule has 1 aliphatic carbocycles. The lowest BCUT2D eigenvalue weighted by Gasteiger charge is -2.32. The zero-order chi connectivity index (χ0) is 24.8. The van der Waals surface area contributed by atoms with Crippen molar-refractivity contribution in [2.75, 3.05) is 11.4 Å². The number of hydrogen-bond donors (Lipinski definition) is 2. The lowest BCUT2D eigenvalue weighted by atomic mass is 10.0. The molecule has 1 aliphatic rings. The highest BCUT2D eigenvalue weighted by atomic mass is 16.3. The van der Waals surface area contributed by atoms with E-state index in [4.69, 9.17) is 4.42 Å². The molecule has 4 rings (SSSR count). The summed E-state index contributed by atoms with van der Waals surface area (Å²) in [6, 6.07) is 17.5. The number of nitrogens with zero attached hydrogens (tertiary/aromatic N) is 1. The Bertz CT molecular complexity index is 1170. The van der Waals surface area contributed by atoms with Gasteiger partial charge >= 0.3 is 0 Å². The van der Waals surface area contributed by atoms with E-state index in [0.29, 0.717) is 11.3 Å². The molecule has 2 N–H and O–H groups in total. The molecule has 2 aromatic carbocycles. The van der Waals surface area contributed by atoms with Crippen molar-refractivity contribution in [3.8, 4) is 0 Å². The Hall–Kier alpha value is -3.87. The highest BCUT2D eigenvalue weighted by molar-refractivity contribution is 6.04. The molecule has 182 valence electrons. The summed E-state index contributed by atoms with van der Waals surface area (Å²) in [6.07, 6.45) is 5.43. The van der Waals surface area contributed by atoms with Gasteiger partial charge in [0.25, 0.3) is 5.91 Å². The summed E-state index contributed by atoms with van der Waals surface area (Å²) in [6.45, 7) is 3.63. The highest BCUT2D eigenvalue weighted by Crippen LogP contribution is 2.30. The van der Waals surface area contributed by atoms with Crippen LogP contribution >= 0.6 is 0 Å². The first-order valence-corrected chi connectivity index (χ1v) is 12.0. The number of furan rings is 1. The number of anilines is 1. The Balaban J connectivity index is 1.68. The Morgan fingerprint density at radius 1 is 0.971 bits per heavy atom. The first-order valence-electron chi connectivity index (χ1n) is 12.0. The van der Waals surface area contributed by atoms with E-state index >= 15 is 0 Å². The van der Waals surface area contributed by atoms with Crippen molar-refractivity contribution in [3.05, 3.63) is 89.4 Å². The average Bonchev–Trinajstić information content (AvgIpc) is 3.56. The lowest BCUT2D eigenvalue weighted by molar-refractivity contribution is -0.126. The minimum atomic E-state index is -0.883. The summed E-state index contributed by atoms with van der Waals surface area (Å²) in [7, 11) is 0. The second-order valence-electron chi connectivity index (χ2n) is 9.07. The van der Waals surface area contributed by atoms with Gasteiger partial charge in [0.15, 0.2) is 5.76 Å². The minimum absolute atomic E-state index is 0.101. The van der Waals surface area contributed by atoms with E-state index in [2.05, 4.69) is 10.6 Å². The first kappa shape index (κ1) is 24.3. The Labute approximate surface area is 205 Å². The molecule has 35 heavy (non-hydrogen) atoms. The quantitative estimate of drug-likeness (QED) is 0.505. The zero-order valence-electron chi connectivity index (χ0n) is 20.1. The molecule has 0 bridgehead atoms. The van der Waals surface area contributed by atoms with Crippen LogP contribution in [-0.4, -0.2) is 30.3 Å². The number of rotatable bonds is 8. The largest absolute Gasteiger partial charge is 0.459 e. The van der Waals surface area contributed by atoms with E-state index < -0.39 is 17.9 Å². The SMILES string of the molecule is Cc1ccc([C@H](C(=O)NC2CCCC2)N(C(=O)CNC(=O)c2ccco2)c2cccc(C)c2)cc1. The van der Waals surface area contributed by atoms with Crippen molar-refractivity contribution < 1.29 is 18.8 Å². The molecule has 3 amide bonds. The number of nitrogens with one attached hydrogen (secondary N) is 2. The number of carbonyl (C=O) groups excluding carboxylic acids is 3. The summed E-state index contributed by atoms with van der Waals surface area (Å²) < 4.78 is 5.13. The number of hydrogen-bond acceptors (Lipinski definition) is 4. The molecule has 1 aromatic heterocycles. The molecule has 3 aromatic rings. The van der Waals surface area contributed by atoms with Crippen molar-refractivity contribution >= 4 is 23.4 Å². The van der Waals surface area contributed by atoms with Crippen LogP contribution in [0.25, 0.3) is 0 Å². The van der Waals surface area contributed by atoms with E-state index in [1.54, 1.807) is 6.07 Å². The fourth-order valence-electron chi connectivity index (χ4n) is 4.47. The van der Waals surface area contributed by atoms with Gasteiger partial charge in [-0.15, -0.1) is 0 Å². The van der Waals surface area contributed by atoms with Crippen LogP contribution in [0.1, 0.15) is 59.0 Å². The van der Waals surface area contributed by atoms with Gasteiger partial charge < -0.3 is 15.1 Å². The van der Waals surface area contributed by atoms with Gasteiger partial charge in [-0.25, -0.2) is 0 Å². The van der Waals surface area contributed by atoms with Gasteiger partial charge in [-0.3, -0.25) is 19.3 Å². The van der Waals surface area contributed by atoms with E-state index in [1.165, 1.54) is 17.2 Å². The molecule has 1 saturated carbocycles. The van der Waals surface area contributed by atoms with E-state index in [1.807, 2.05) is 62.4 Å². The molecule has 0 aliphatic heterocycles. The third kappa shape index (κ3) is 5.98. The fraction of sp³-hybridized carbons (Fsp3) is 0.321. The van der Waals surface area contributed by atoms with Crippen LogP contribution in [0.2, 0.25) is 0 Å². The van der Waals surface area contributed by atoms with E-state index in [-0.39, 0.29) is 24.3 Å². The van der Waals surface area contributed by atoms with Crippen molar-refractivity contribution in [2.24, 2.45) is 0 Å². The third-order valence-electron chi connectivity index (χ3n) is 6.29. The molecule has 0 spiro atoms. The van der Waals surface area contributed by atoms with Crippen molar-refractivity contribution in [1.82, 2.24) is 10.6 Å². The molecule has 0 unspecified atom stereocenters. The van der Waals surface area contributed by atoms with Crippen LogP contribution in [0.5, 0.6) is 0 Å². The zero-order valence-corrected chi connectivity index (χ0v) is 20.1. The Morgan fingerprint density at radius 2 is 1.71 bits per heavy atom. The number of aryl methyl sites for hydroxylation is 2. The maximum absolute atomic E-state index is 13.7. The Morgan fingerprint density at radius 3 is 2.37 bits per heavy atom. The summed E-state index contributed by atoms with van der Waals surface area (Å²) in [5, 5.41) is 5.79. The summed E-state index contributed by atoms with van der Waals surface area (Å²) in [4.78, 5) is 41.3. The number of amides is 3. The lowest BCUT2D eigenvalue weighted by Crippen LogP contribution is -2.49. The van der Waals surface area contributed by atoms with Crippen LogP contribution < -0.4 is 15.5 Å². The van der Waals surface area contributed by atoms with Gasteiger partial charge in [0.1, 0.15) is 6.04 Å². The fourth-order valence-corrected chi connectivity index (χ4v) is 4.47. The van der Waals surface area contributed by atoms with Gasteiger partial charge in [0.05, 0.1) is 12.8 Å². The number of benzene rings is 2. The van der Waals surface area contributed by atoms with Crippen molar-refractivity contribution in [1.29, 1.82) is 0 Å². The van der Waals surface area contributed by atoms with Gasteiger partial charge in [-0.1, -0.05) is 54.8 Å². The molecule has 0 radical (unpaired) electrons. The van der Waals surface area contributed by atoms with Crippen LogP contribution in [0.15, 0.2) is 71.3 Å². The predicted octanol–water partition coefficient (Wildman–Crippen LogP) is 4.46. The monoisotopic (exact) mass is 473 g/mol. The predicted molar refractivity (Wildman–Crippen MR) is 134 cm³/mol. The topological polar surface area (TPSA) is 91.7 Å². The summed E-state index contributed by atoms with van der Waals surface area (Å²) in [5.74, 6) is -1.00. The molecular weight excluding hydrogens is 442 g/mol. The van der Waals surface area contributed by atoms with E-state index in [9.17, 15) is 14.4 Å². The molecule has 1 atom stereocenters. The Kier molecular flexibility index (Phi) is 7.65. The summed E-state index contributed by atoms with van der Waals surface area (Å²) in [5.41, 5.74) is 3.31. The molecule has 7 nitrogen and oxygen atoms in total. The van der Waals surface area contributed by atoms with Gasteiger partial charge in [0.2, 0.25) is 11.8 Å². The van der Waals surface area contributed by atoms with Crippen LogP contribution in [0.3, 0.4) is 0 Å². The maximum atomic E-state index is 13.7. The van der Waals surface area contributed by atoms with Gasteiger partial charge in [-0.2, -0.15) is 0 Å². The number of carbonyl (C=O) groups is 3. The standard InChI is InChI=1S/C28H31N3O4/c1-19-12-14-21(15-13-19)26(28(34)30-22-8-3-4-9-22)31(23-10-5-7-20(2)17-23)25(32)18-29-27(33)24-11-6-16-35-24/h5-7,10-17,22,26H,3-4,8-9,18H2,1-2H3,(H,29,33)(H,30,34)/t26-/m1/s1. The second-order valence-corrected chi connectivity index (χ2v) is 9.07. The van der Waals surface area contributed by atoms with Crippen molar-refractivity contribution in [3.63, 3.8) is 0 Å². The molecule has 1 heterocycles. The summed E-state index contributed by atoms with van der Waals surface area (Å²) >= 11 is 0. The average molecular weight is 474 g/mol. The van der Waals surface area contributed by atoms with Gasteiger partial charge in [0, 0.05) is 11.7 Å². The van der Waals surface area contributed by atoms with Crippen LogP contribution in [-0.2, 0) is 9.59 Å². The van der Waals surface area contributed by atoms with Crippen molar-refractivity contribution in [2.45, 2.75) is 51.6 Å². The normalized spacial score (nSPS) is 14.3. The molecule has 7 heteroatoms. The smallest absolute Gasteiger partial charge is 0.287 e. The minimum Gasteiger partial charge on any atom is -0.459 e.